The van der Waals surface area contributed by atoms with Crippen LogP contribution in [0, 0.1) is 10.5 Å². The Bertz CT molecular complexity index is 394. The predicted molar refractivity (Wildman–Crippen MR) is 89.8 cm³/mol. The second-order valence-corrected chi connectivity index (χ2v) is 12.6. The number of hydrogen-bond acceptors (Lipinski definition) is 3. The van der Waals surface area contributed by atoms with Crippen molar-refractivity contribution in [2.45, 2.75) is 71.7 Å². The van der Waals surface area contributed by atoms with Gasteiger partial charge in [-0.05, 0) is 46.1 Å². The normalized spacial score (nSPS) is 13.0. The van der Waals surface area contributed by atoms with Crippen molar-refractivity contribution in [3.05, 3.63) is 15.0 Å². The molecule has 0 amide bonds. The van der Waals surface area contributed by atoms with E-state index < -0.39 is 8.32 Å². The average Bonchev–Trinajstić information content (AvgIpc) is 2.60. The second kappa shape index (κ2) is 6.71. The molecule has 19 heavy (non-hydrogen) atoms. The first-order valence-corrected chi connectivity index (χ1v) is 10.2. The first-order chi connectivity index (χ1) is 8.73. The molecular formula is C14H26INO2Si. The Hall–Kier alpha value is 0.117. The second-order valence-electron chi connectivity index (χ2n) is 6.11. The van der Waals surface area contributed by atoms with Gasteiger partial charge in [0.25, 0.3) is 0 Å². The lowest BCUT2D eigenvalue weighted by atomic mass is 10.4. The summed E-state index contributed by atoms with van der Waals surface area (Å²) in [5.41, 5.74) is 2.73. The molecular weight excluding hydrogens is 369 g/mol. The summed E-state index contributed by atoms with van der Waals surface area (Å²) >= 11 is 2.28. The van der Waals surface area contributed by atoms with Crippen molar-refractivity contribution in [3.8, 4) is 0 Å². The van der Waals surface area contributed by atoms with Gasteiger partial charge >= 0.3 is 0 Å². The Morgan fingerprint density at radius 3 is 1.89 bits per heavy atom. The topological polar surface area (TPSA) is 35.3 Å². The zero-order chi connectivity index (χ0) is 14.8. The van der Waals surface area contributed by atoms with Gasteiger partial charge in [-0.25, -0.2) is 0 Å². The van der Waals surface area contributed by atoms with E-state index in [1.54, 1.807) is 0 Å². The van der Waals surface area contributed by atoms with Crippen LogP contribution < -0.4 is 0 Å². The van der Waals surface area contributed by atoms with Crippen LogP contribution in [-0.2, 0) is 11.0 Å². The fourth-order valence-electron chi connectivity index (χ4n) is 3.19. The van der Waals surface area contributed by atoms with E-state index in [4.69, 9.17) is 8.95 Å². The lowest BCUT2D eigenvalue weighted by Gasteiger charge is -2.42. The molecule has 0 unspecified atom stereocenters. The van der Waals surface area contributed by atoms with Gasteiger partial charge in [0.2, 0.25) is 8.32 Å². The Balaban J connectivity index is 2.93. The number of nitrogens with zero attached hydrogens (tertiary/aromatic N) is 1. The lowest BCUT2D eigenvalue weighted by Crippen LogP contribution is -2.47. The van der Waals surface area contributed by atoms with E-state index in [0.717, 1.165) is 15.0 Å². The Kier molecular flexibility index (Phi) is 6.07. The minimum Gasteiger partial charge on any atom is -0.410 e. The van der Waals surface area contributed by atoms with Crippen LogP contribution in [0.5, 0.6) is 0 Å². The number of halogens is 1. The molecule has 0 atom stereocenters. The van der Waals surface area contributed by atoms with Gasteiger partial charge in [-0.15, -0.1) is 0 Å². The number of rotatable bonds is 6. The molecule has 1 aromatic heterocycles. The van der Waals surface area contributed by atoms with Crippen LogP contribution >= 0.6 is 22.6 Å². The van der Waals surface area contributed by atoms with Gasteiger partial charge in [0.05, 0.1) is 10.2 Å². The van der Waals surface area contributed by atoms with Crippen LogP contribution in [0.1, 0.15) is 53.0 Å². The Morgan fingerprint density at radius 2 is 1.58 bits per heavy atom. The average molecular weight is 395 g/mol. The van der Waals surface area contributed by atoms with Crippen LogP contribution in [0.3, 0.4) is 0 Å². The Labute approximate surface area is 131 Å². The summed E-state index contributed by atoms with van der Waals surface area (Å²) in [4.78, 5) is 0. The van der Waals surface area contributed by atoms with Gasteiger partial charge in [0, 0.05) is 0 Å². The van der Waals surface area contributed by atoms with Gasteiger partial charge in [0.15, 0.2) is 0 Å². The molecule has 3 nitrogen and oxygen atoms in total. The largest absolute Gasteiger partial charge is 0.410 e. The maximum Gasteiger partial charge on any atom is 0.200 e. The number of hydrogen-bond donors (Lipinski definition) is 0. The SMILES string of the molecule is Cc1onc(CO[Si](C(C)C)(C(C)C)C(C)C)c1I. The highest BCUT2D eigenvalue weighted by Crippen LogP contribution is 2.42. The molecule has 0 fully saturated rings. The first-order valence-electron chi connectivity index (χ1n) is 6.98. The third-order valence-corrected chi connectivity index (χ3v) is 11.5. The molecule has 0 aromatic carbocycles. The van der Waals surface area contributed by atoms with Crippen molar-refractivity contribution in [2.75, 3.05) is 0 Å². The summed E-state index contributed by atoms with van der Waals surface area (Å²) in [7, 11) is -1.81. The maximum absolute atomic E-state index is 6.51. The van der Waals surface area contributed by atoms with Crippen LogP contribution in [0.4, 0.5) is 0 Å². The van der Waals surface area contributed by atoms with Crippen LogP contribution in [-0.4, -0.2) is 13.5 Å². The van der Waals surface area contributed by atoms with Gasteiger partial charge in [0.1, 0.15) is 11.5 Å². The molecule has 0 spiro atoms. The Morgan fingerprint density at radius 1 is 1.11 bits per heavy atom. The first kappa shape index (κ1) is 17.2. The van der Waals surface area contributed by atoms with Crippen LogP contribution in [0.25, 0.3) is 0 Å². The summed E-state index contributed by atoms with van der Waals surface area (Å²) in [5.74, 6) is 0.880. The van der Waals surface area contributed by atoms with Crippen molar-refractivity contribution in [2.24, 2.45) is 0 Å². The van der Waals surface area contributed by atoms with Crippen molar-refractivity contribution in [3.63, 3.8) is 0 Å². The molecule has 0 bridgehead atoms. The van der Waals surface area contributed by atoms with E-state index in [2.05, 4.69) is 69.3 Å². The molecule has 0 aliphatic rings. The molecule has 0 aliphatic carbocycles. The molecule has 0 saturated heterocycles. The highest BCUT2D eigenvalue weighted by molar-refractivity contribution is 14.1. The van der Waals surface area contributed by atoms with E-state index in [9.17, 15) is 0 Å². The maximum atomic E-state index is 6.51. The fourth-order valence-corrected chi connectivity index (χ4v) is 8.93. The molecule has 1 rings (SSSR count). The summed E-state index contributed by atoms with van der Waals surface area (Å²) in [6.45, 7) is 16.3. The molecule has 1 aromatic rings. The van der Waals surface area contributed by atoms with E-state index in [0.29, 0.717) is 23.2 Å². The molecule has 1 heterocycles. The summed E-state index contributed by atoms with van der Waals surface area (Å²) < 4.78 is 12.8. The van der Waals surface area contributed by atoms with Crippen molar-refractivity contribution in [1.82, 2.24) is 5.16 Å². The number of aromatic nitrogens is 1. The zero-order valence-corrected chi connectivity index (χ0v) is 16.2. The van der Waals surface area contributed by atoms with Crippen molar-refractivity contribution >= 4 is 30.9 Å². The number of aryl methyl sites for hydroxylation is 1. The van der Waals surface area contributed by atoms with Gasteiger partial charge < -0.3 is 8.95 Å². The standard InChI is InChI=1S/C14H26INO2Si/c1-9(2)19(10(3)4,11(5)6)17-8-13-14(15)12(7)18-16-13/h9-11H,8H2,1-7H3. The third kappa shape index (κ3) is 3.42. The molecule has 0 N–H and O–H groups in total. The molecule has 0 aliphatic heterocycles. The molecule has 0 radical (unpaired) electrons. The summed E-state index contributed by atoms with van der Waals surface area (Å²) in [6.07, 6.45) is 0. The van der Waals surface area contributed by atoms with E-state index in [1.165, 1.54) is 0 Å². The minimum absolute atomic E-state index is 0.580. The van der Waals surface area contributed by atoms with E-state index >= 15 is 0 Å². The fraction of sp³-hybridized carbons (Fsp3) is 0.786. The monoisotopic (exact) mass is 395 g/mol. The van der Waals surface area contributed by atoms with Crippen LogP contribution in [0.2, 0.25) is 16.6 Å². The summed E-state index contributed by atoms with van der Waals surface area (Å²) in [5, 5.41) is 4.11. The predicted octanol–water partition coefficient (Wildman–Crippen LogP) is 5.28. The van der Waals surface area contributed by atoms with Crippen molar-refractivity contribution < 1.29 is 8.95 Å². The van der Waals surface area contributed by atoms with Crippen molar-refractivity contribution in [1.29, 1.82) is 0 Å². The van der Waals surface area contributed by atoms with E-state index in [1.807, 2.05) is 6.92 Å². The molecule has 0 saturated carbocycles. The quantitative estimate of drug-likeness (QED) is 0.486. The summed E-state index contributed by atoms with van der Waals surface area (Å²) in [6, 6.07) is 0. The van der Waals surface area contributed by atoms with Gasteiger partial charge in [-0.2, -0.15) is 0 Å². The highest BCUT2D eigenvalue weighted by atomic mass is 127. The third-order valence-electron chi connectivity index (χ3n) is 4.02. The van der Waals surface area contributed by atoms with Gasteiger partial charge in [-0.3, -0.25) is 0 Å². The highest BCUT2D eigenvalue weighted by Gasteiger charge is 2.45. The zero-order valence-electron chi connectivity index (χ0n) is 13.1. The van der Waals surface area contributed by atoms with E-state index in [-0.39, 0.29) is 0 Å². The molecule has 110 valence electrons. The minimum atomic E-state index is -1.81. The lowest BCUT2D eigenvalue weighted by molar-refractivity contribution is 0.253. The van der Waals surface area contributed by atoms with Crippen LogP contribution in [0.15, 0.2) is 4.52 Å². The molecule has 5 heteroatoms. The van der Waals surface area contributed by atoms with Gasteiger partial charge in [-0.1, -0.05) is 46.7 Å². The smallest absolute Gasteiger partial charge is 0.200 e.